The third kappa shape index (κ3) is 2.98. The van der Waals surface area contributed by atoms with Gasteiger partial charge in [-0.2, -0.15) is 11.8 Å². The molecule has 17 heavy (non-hydrogen) atoms. The minimum absolute atomic E-state index is 0.306. The molecule has 2 aliphatic heterocycles. The molecule has 100 valence electrons. The molecule has 2 heterocycles. The third-order valence-corrected chi connectivity index (χ3v) is 5.56. The van der Waals surface area contributed by atoms with Crippen molar-refractivity contribution in [3.05, 3.63) is 0 Å². The summed E-state index contributed by atoms with van der Waals surface area (Å²) in [7, 11) is 4.36. The van der Waals surface area contributed by atoms with E-state index in [1.165, 1.54) is 50.3 Å². The van der Waals surface area contributed by atoms with E-state index in [9.17, 15) is 0 Å². The minimum atomic E-state index is 0.306. The predicted molar refractivity (Wildman–Crippen MR) is 76.6 cm³/mol. The van der Waals surface area contributed by atoms with Crippen molar-refractivity contribution in [1.82, 2.24) is 9.80 Å². The Balaban J connectivity index is 2.06. The zero-order chi connectivity index (χ0) is 12.3. The summed E-state index contributed by atoms with van der Waals surface area (Å²) in [6.07, 6.45) is 5.35. The monoisotopic (exact) mass is 257 g/mol. The first-order valence-electron chi connectivity index (χ1n) is 6.87. The number of hydrogen-bond acceptors (Lipinski definition) is 4. The van der Waals surface area contributed by atoms with E-state index in [1.807, 2.05) is 0 Å². The van der Waals surface area contributed by atoms with Crippen LogP contribution in [0.3, 0.4) is 0 Å². The van der Waals surface area contributed by atoms with Crippen LogP contribution in [0.5, 0.6) is 0 Å². The Morgan fingerprint density at radius 1 is 1.41 bits per heavy atom. The lowest BCUT2D eigenvalue weighted by Gasteiger charge is -2.47. The number of rotatable bonds is 4. The second-order valence-electron chi connectivity index (χ2n) is 5.84. The van der Waals surface area contributed by atoms with Gasteiger partial charge in [0.2, 0.25) is 0 Å². The van der Waals surface area contributed by atoms with Crippen LogP contribution in [0.2, 0.25) is 0 Å². The van der Waals surface area contributed by atoms with E-state index in [0.29, 0.717) is 5.54 Å². The highest BCUT2D eigenvalue weighted by molar-refractivity contribution is 7.99. The number of thioether (sulfide) groups is 1. The van der Waals surface area contributed by atoms with Gasteiger partial charge in [0.25, 0.3) is 0 Å². The standard InChI is InChI=1S/C13H27N3S/c1-15(2)9-12-5-3-7-16(12)13(10-14)6-4-8-17-11-13/h12H,3-11,14H2,1-2H3. The predicted octanol–water partition coefficient (Wildman–Crippen LogP) is 1.24. The smallest absolute Gasteiger partial charge is 0.0425 e. The zero-order valence-corrected chi connectivity index (χ0v) is 12.1. The van der Waals surface area contributed by atoms with Crippen molar-refractivity contribution in [1.29, 1.82) is 0 Å². The fourth-order valence-corrected chi connectivity index (χ4v) is 4.71. The van der Waals surface area contributed by atoms with Crippen molar-refractivity contribution >= 4 is 11.8 Å². The van der Waals surface area contributed by atoms with Gasteiger partial charge in [0.05, 0.1) is 0 Å². The van der Waals surface area contributed by atoms with Gasteiger partial charge in [-0.1, -0.05) is 0 Å². The van der Waals surface area contributed by atoms with E-state index in [1.54, 1.807) is 0 Å². The summed E-state index contributed by atoms with van der Waals surface area (Å²) < 4.78 is 0. The Bertz CT molecular complexity index is 239. The first-order valence-corrected chi connectivity index (χ1v) is 8.03. The second kappa shape index (κ2) is 5.91. The highest BCUT2D eigenvalue weighted by Gasteiger charge is 2.42. The van der Waals surface area contributed by atoms with Crippen molar-refractivity contribution in [2.45, 2.75) is 37.3 Å². The van der Waals surface area contributed by atoms with Gasteiger partial charge in [0.15, 0.2) is 0 Å². The number of nitrogens with zero attached hydrogens (tertiary/aromatic N) is 2. The van der Waals surface area contributed by atoms with Crippen LogP contribution in [-0.4, -0.2) is 66.6 Å². The molecule has 0 spiro atoms. The van der Waals surface area contributed by atoms with Crippen LogP contribution in [0.1, 0.15) is 25.7 Å². The lowest BCUT2D eigenvalue weighted by atomic mass is 9.92. The van der Waals surface area contributed by atoms with Crippen LogP contribution in [0.25, 0.3) is 0 Å². The summed E-state index contributed by atoms with van der Waals surface area (Å²) in [5.74, 6) is 2.57. The van der Waals surface area contributed by atoms with Crippen LogP contribution in [0.15, 0.2) is 0 Å². The maximum Gasteiger partial charge on any atom is 0.0425 e. The molecule has 0 amide bonds. The summed E-state index contributed by atoms with van der Waals surface area (Å²) in [6, 6.07) is 0.729. The van der Waals surface area contributed by atoms with Crippen LogP contribution in [-0.2, 0) is 0 Å². The number of likely N-dealkylation sites (N-methyl/N-ethyl adjacent to an activating group) is 1. The van der Waals surface area contributed by atoms with Crippen LogP contribution in [0, 0.1) is 0 Å². The van der Waals surface area contributed by atoms with E-state index in [-0.39, 0.29) is 0 Å². The van der Waals surface area contributed by atoms with E-state index in [2.05, 4.69) is 35.7 Å². The van der Waals surface area contributed by atoms with E-state index in [0.717, 1.165) is 12.6 Å². The molecule has 4 heteroatoms. The Morgan fingerprint density at radius 2 is 2.24 bits per heavy atom. The lowest BCUT2D eigenvalue weighted by Crippen LogP contribution is -2.60. The van der Waals surface area contributed by atoms with Gasteiger partial charge in [-0.05, 0) is 52.1 Å². The molecule has 0 bridgehead atoms. The number of likely N-dealkylation sites (tertiary alicyclic amines) is 1. The molecule has 2 fully saturated rings. The topological polar surface area (TPSA) is 32.5 Å². The van der Waals surface area contributed by atoms with Gasteiger partial charge in [0.1, 0.15) is 0 Å². The second-order valence-corrected chi connectivity index (χ2v) is 6.94. The maximum absolute atomic E-state index is 6.14. The fourth-order valence-electron chi connectivity index (χ4n) is 3.41. The molecular formula is C13H27N3S. The first kappa shape index (κ1) is 13.7. The number of hydrogen-bond donors (Lipinski definition) is 1. The van der Waals surface area contributed by atoms with E-state index >= 15 is 0 Å². The molecule has 0 saturated carbocycles. The quantitative estimate of drug-likeness (QED) is 0.821. The Labute approximate surface area is 110 Å². The average Bonchev–Trinajstić information content (AvgIpc) is 2.78. The molecule has 2 atom stereocenters. The van der Waals surface area contributed by atoms with Crippen molar-refractivity contribution < 1.29 is 0 Å². The molecule has 0 aliphatic carbocycles. The van der Waals surface area contributed by atoms with Gasteiger partial charge in [0, 0.05) is 30.4 Å². The summed E-state index contributed by atoms with van der Waals surface area (Å²) in [5.41, 5.74) is 6.45. The van der Waals surface area contributed by atoms with Crippen LogP contribution < -0.4 is 5.73 Å². The van der Waals surface area contributed by atoms with Gasteiger partial charge in [-0.25, -0.2) is 0 Å². The third-order valence-electron chi connectivity index (χ3n) is 4.24. The molecule has 0 radical (unpaired) electrons. The first-order chi connectivity index (χ1) is 8.18. The van der Waals surface area contributed by atoms with Crippen LogP contribution in [0.4, 0.5) is 0 Å². The molecule has 0 aromatic rings. The van der Waals surface area contributed by atoms with Crippen molar-refractivity contribution in [3.8, 4) is 0 Å². The average molecular weight is 257 g/mol. The highest BCUT2D eigenvalue weighted by atomic mass is 32.2. The largest absolute Gasteiger partial charge is 0.329 e. The van der Waals surface area contributed by atoms with E-state index < -0.39 is 0 Å². The molecular weight excluding hydrogens is 230 g/mol. The summed E-state index contributed by atoms with van der Waals surface area (Å²) >= 11 is 2.10. The SMILES string of the molecule is CN(C)CC1CCCN1C1(CN)CCCSC1. The van der Waals surface area contributed by atoms with Crippen molar-refractivity contribution in [2.75, 3.05) is 45.2 Å². The highest BCUT2D eigenvalue weighted by Crippen LogP contribution is 2.36. The van der Waals surface area contributed by atoms with Crippen molar-refractivity contribution in [2.24, 2.45) is 5.73 Å². The van der Waals surface area contributed by atoms with Gasteiger partial charge in [-0.3, -0.25) is 4.90 Å². The molecule has 2 rings (SSSR count). The fraction of sp³-hybridized carbons (Fsp3) is 1.00. The van der Waals surface area contributed by atoms with Gasteiger partial charge < -0.3 is 10.6 Å². The van der Waals surface area contributed by atoms with Gasteiger partial charge >= 0.3 is 0 Å². The Kier molecular flexibility index (Phi) is 4.75. The molecule has 2 unspecified atom stereocenters. The Morgan fingerprint density at radius 3 is 2.82 bits per heavy atom. The molecule has 2 N–H and O–H groups in total. The van der Waals surface area contributed by atoms with Crippen molar-refractivity contribution in [3.63, 3.8) is 0 Å². The maximum atomic E-state index is 6.14. The Hall–Kier alpha value is 0.230. The number of nitrogens with two attached hydrogens (primary N) is 1. The minimum Gasteiger partial charge on any atom is -0.329 e. The summed E-state index contributed by atoms with van der Waals surface area (Å²) in [5, 5.41) is 0. The zero-order valence-electron chi connectivity index (χ0n) is 11.3. The normalized spacial score (nSPS) is 35.6. The summed E-state index contributed by atoms with van der Waals surface area (Å²) in [4.78, 5) is 5.07. The lowest BCUT2D eigenvalue weighted by molar-refractivity contribution is 0.0755. The van der Waals surface area contributed by atoms with Crippen LogP contribution >= 0.6 is 11.8 Å². The van der Waals surface area contributed by atoms with E-state index in [4.69, 9.17) is 5.73 Å². The molecule has 0 aromatic heterocycles. The molecule has 0 aromatic carbocycles. The molecule has 3 nitrogen and oxygen atoms in total. The van der Waals surface area contributed by atoms with Gasteiger partial charge in [-0.15, -0.1) is 0 Å². The summed E-state index contributed by atoms with van der Waals surface area (Å²) in [6.45, 7) is 3.28. The molecule has 2 aliphatic rings. The molecule has 2 saturated heterocycles.